The zero-order valence-corrected chi connectivity index (χ0v) is 7.06. The highest BCUT2D eigenvalue weighted by Gasteiger charge is 2.17. The number of likely N-dealkylation sites (N-methyl/N-ethyl adjacent to an activating group) is 1. The van der Waals surface area contributed by atoms with Gasteiger partial charge in [0.05, 0.1) is 0 Å². The summed E-state index contributed by atoms with van der Waals surface area (Å²) in [4.78, 5) is 2.55. The summed E-state index contributed by atoms with van der Waals surface area (Å²) >= 11 is 0. The van der Waals surface area contributed by atoms with Gasteiger partial charge < -0.3 is 5.32 Å². The van der Waals surface area contributed by atoms with Crippen LogP contribution in [0.4, 0.5) is 0 Å². The number of hydrogen-bond acceptors (Lipinski definition) is 2. The molecule has 1 aliphatic heterocycles. The van der Waals surface area contributed by atoms with E-state index in [-0.39, 0.29) is 0 Å². The first kappa shape index (κ1) is 8.02. The Morgan fingerprint density at radius 3 is 2.80 bits per heavy atom. The van der Waals surface area contributed by atoms with Gasteiger partial charge in [-0.15, -0.1) is 0 Å². The fourth-order valence-corrected chi connectivity index (χ4v) is 1.62. The van der Waals surface area contributed by atoms with E-state index in [1.807, 2.05) is 0 Å². The zero-order chi connectivity index (χ0) is 7.40. The molecule has 2 nitrogen and oxygen atoms in total. The maximum absolute atomic E-state index is 3.41. The number of hydrogen-bond donors (Lipinski definition) is 1. The number of piperazine rings is 1. The van der Waals surface area contributed by atoms with Crippen LogP contribution in [0, 0.1) is 0 Å². The Morgan fingerprint density at radius 2 is 2.30 bits per heavy atom. The first-order valence-electron chi connectivity index (χ1n) is 4.33. The topological polar surface area (TPSA) is 15.3 Å². The van der Waals surface area contributed by atoms with Crippen molar-refractivity contribution in [3.05, 3.63) is 0 Å². The molecule has 10 heavy (non-hydrogen) atoms. The smallest absolute Gasteiger partial charge is 0.0218 e. The Morgan fingerprint density at radius 1 is 1.50 bits per heavy atom. The molecule has 0 bridgehead atoms. The normalized spacial score (nSPS) is 28.8. The minimum atomic E-state index is 0.791. The summed E-state index contributed by atoms with van der Waals surface area (Å²) in [5.74, 6) is 0. The molecular weight excluding hydrogens is 124 g/mol. The van der Waals surface area contributed by atoms with Crippen LogP contribution in [0.3, 0.4) is 0 Å². The number of rotatable bonds is 2. The van der Waals surface area contributed by atoms with Crippen molar-refractivity contribution in [2.24, 2.45) is 0 Å². The second-order valence-corrected chi connectivity index (χ2v) is 2.89. The van der Waals surface area contributed by atoms with Crippen LogP contribution in [0.15, 0.2) is 0 Å². The molecule has 2 heteroatoms. The molecule has 0 amide bonds. The monoisotopic (exact) mass is 142 g/mol. The van der Waals surface area contributed by atoms with Crippen molar-refractivity contribution < 1.29 is 0 Å². The summed E-state index contributed by atoms with van der Waals surface area (Å²) in [5.41, 5.74) is 0. The van der Waals surface area contributed by atoms with E-state index >= 15 is 0 Å². The van der Waals surface area contributed by atoms with Crippen LogP contribution in [0.5, 0.6) is 0 Å². The summed E-state index contributed by atoms with van der Waals surface area (Å²) in [5, 5.41) is 3.41. The first-order chi connectivity index (χ1) is 4.88. The second kappa shape index (κ2) is 3.94. The fourth-order valence-electron chi connectivity index (χ4n) is 1.62. The van der Waals surface area contributed by atoms with Gasteiger partial charge in [0.2, 0.25) is 0 Å². The Balaban J connectivity index is 2.34. The molecular formula is C8H18N2. The molecule has 1 saturated heterocycles. The number of nitrogens with one attached hydrogen (secondary N) is 1. The molecule has 0 aromatic carbocycles. The van der Waals surface area contributed by atoms with E-state index in [2.05, 4.69) is 24.1 Å². The van der Waals surface area contributed by atoms with E-state index in [4.69, 9.17) is 0 Å². The minimum Gasteiger partial charge on any atom is -0.314 e. The molecule has 60 valence electrons. The molecule has 1 heterocycles. The summed E-state index contributed by atoms with van der Waals surface area (Å²) in [7, 11) is 0. The van der Waals surface area contributed by atoms with Crippen molar-refractivity contribution in [1.82, 2.24) is 10.2 Å². The Hall–Kier alpha value is -0.0800. The van der Waals surface area contributed by atoms with Gasteiger partial charge in [0.1, 0.15) is 0 Å². The highest BCUT2D eigenvalue weighted by Crippen LogP contribution is 2.05. The third-order valence-corrected chi connectivity index (χ3v) is 2.35. The van der Waals surface area contributed by atoms with Gasteiger partial charge in [0.15, 0.2) is 0 Å². The molecule has 0 radical (unpaired) electrons. The van der Waals surface area contributed by atoms with Crippen LogP contribution in [0.1, 0.15) is 20.3 Å². The van der Waals surface area contributed by atoms with E-state index in [0.717, 1.165) is 6.04 Å². The number of nitrogens with zero attached hydrogens (tertiary/aromatic N) is 1. The molecule has 0 spiro atoms. The van der Waals surface area contributed by atoms with Crippen LogP contribution >= 0.6 is 0 Å². The van der Waals surface area contributed by atoms with Gasteiger partial charge in [-0.25, -0.2) is 0 Å². The van der Waals surface area contributed by atoms with Crippen LogP contribution in [-0.4, -0.2) is 37.1 Å². The molecule has 0 aromatic heterocycles. The van der Waals surface area contributed by atoms with Gasteiger partial charge in [-0.3, -0.25) is 4.90 Å². The highest BCUT2D eigenvalue weighted by molar-refractivity contribution is 4.77. The average Bonchev–Trinajstić information content (AvgIpc) is 2.04. The zero-order valence-electron chi connectivity index (χ0n) is 7.06. The van der Waals surface area contributed by atoms with Crippen molar-refractivity contribution in [1.29, 1.82) is 0 Å². The van der Waals surface area contributed by atoms with E-state index in [1.54, 1.807) is 0 Å². The largest absolute Gasteiger partial charge is 0.314 e. The minimum absolute atomic E-state index is 0.791. The highest BCUT2D eigenvalue weighted by atomic mass is 15.2. The molecule has 0 unspecified atom stereocenters. The molecule has 1 fully saturated rings. The predicted octanol–water partition coefficient (Wildman–Crippen LogP) is 0.690. The summed E-state index contributed by atoms with van der Waals surface area (Å²) in [6, 6.07) is 0.791. The van der Waals surface area contributed by atoms with Gasteiger partial charge >= 0.3 is 0 Å². The lowest BCUT2D eigenvalue weighted by molar-refractivity contribution is 0.165. The maximum Gasteiger partial charge on any atom is 0.0218 e. The van der Waals surface area contributed by atoms with E-state index in [0.29, 0.717) is 0 Å². The molecule has 0 aliphatic carbocycles. The Labute approximate surface area is 63.6 Å². The van der Waals surface area contributed by atoms with E-state index in [9.17, 15) is 0 Å². The van der Waals surface area contributed by atoms with Gasteiger partial charge in [0, 0.05) is 25.7 Å². The lowest BCUT2D eigenvalue weighted by Gasteiger charge is -2.34. The van der Waals surface area contributed by atoms with Crippen LogP contribution in [0.2, 0.25) is 0 Å². The SMILES string of the molecule is CC[C@H]1CNCCN1CC. The van der Waals surface area contributed by atoms with Crippen molar-refractivity contribution >= 4 is 0 Å². The molecule has 1 rings (SSSR count). The Kier molecular flexibility index (Phi) is 3.16. The standard InChI is InChI=1S/C8H18N2/c1-3-8-7-9-5-6-10(8)4-2/h8-9H,3-7H2,1-2H3/t8-/m0/s1. The third-order valence-electron chi connectivity index (χ3n) is 2.35. The van der Waals surface area contributed by atoms with Crippen molar-refractivity contribution in [2.75, 3.05) is 26.2 Å². The second-order valence-electron chi connectivity index (χ2n) is 2.89. The molecule has 0 saturated carbocycles. The van der Waals surface area contributed by atoms with Crippen molar-refractivity contribution in [2.45, 2.75) is 26.3 Å². The van der Waals surface area contributed by atoms with E-state index in [1.165, 1.54) is 32.6 Å². The van der Waals surface area contributed by atoms with Crippen molar-refractivity contribution in [3.8, 4) is 0 Å². The fraction of sp³-hybridized carbons (Fsp3) is 1.00. The molecule has 1 atom stereocenters. The quantitative estimate of drug-likeness (QED) is 0.610. The van der Waals surface area contributed by atoms with Crippen molar-refractivity contribution in [3.63, 3.8) is 0 Å². The summed E-state index contributed by atoms with van der Waals surface area (Å²) < 4.78 is 0. The lowest BCUT2D eigenvalue weighted by atomic mass is 10.1. The molecule has 1 N–H and O–H groups in total. The maximum atomic E-state index is 3.41. The van der Waals surface area contributed by atoms with E-state index < -0.39 is 0 Å². The van der Waals surface area contributed by atoms with Crippen LogP contribution < -0.4 is 5.32 Å². The summed E-state index contributed by atoms with van der Waals surface area (Å²) in [6.07, 6.45) is 1.28. The molecule has 0 aromatic rings. The molecule has 1 aliphatic rings. The third kappa shape index (κ3) is 1.70. The van der Waals surface area contributed by atoms with Gasteiger partial charge in [-0.05, 0) is 13.0 Å². The van der Waals surface area contributed by atoms with Gasteiger partial charge in [-0.1, -0.05) is 13.8 Å². The van der Waals surface area contributed by atoms with Crippen LogP contribution in [-0.2, 0) is 0 Å². The summed E-state index contributed by atoms with van der Waals surface area (Å²) in [6.45, 7) is 9.30. The predicted molar refractivity (Wildman–Crippen MR) is 44.2 cm³/mol. The van der Waals surface area contributed by atoms with Crippen LogP contribution in [0.25, 0.3) is 0 Å². The Bertz CT molecular complexity index is 81.3. The first-order valence-corrected chi connectivity index (χ1v) is 4.33. The van der Waals surface area contributed by atoms with Gasteiger partial charge in [-0.2, -0.15) is 0 Å². The lowest BCUT2D eigenvalue weighted by Crippen LogP contribution is -2.50. The van der Waals surface area contributed by atoms with Gasteiger partial charge in [0.25, 0.3) is 0 Å². The average molecular weight is 142 g/mol.